The molecule has 4 rings (SSSR count). The van der Waals surface area contributed by atoms with E-state index in [9.17, 15) is 4.39 Å². The second-order valence-electron chi connectivity index (χ2n) is 6.34. The van der Waals surface area contributed by atoms with Gasteiger partial charge in [-0.05, 0) is 43.0 Å². The average Bonchev–Trinajstić information content (AvgIpc) is 2.90. The van der Waals surface area contributed by atoms with Gasteiger partial charge in [0.2, 0.25) is 0 Å². The molecule has 2 nitrogen and oxygen atoms in total. The van der Waals surface area contributed by atoms with Crippen molar-refractivity contribution in [3.63, 3.8) is 0 Å². The fraction of sp³-hybridized carbons (Fsp3) is 0.500. The highest BCUT2D eigenvalue weighted by Crippen LogP contribution is 2.48. The lowest BCUT2D eigenvalue weighted by Crippen LogP contribution is -2.21. The molecule has 1 aliphatic carbocycles. The molecule has 0 radical (unpaired) electrons. The molecule has 1 saturated heterocycles. The van der Waals surface area contributed by atoms with Crippen molar-refractivity contribution in [2.45, 2.75) is 25.2 Å². The molecule has 1 unspecified atom stereocenters. The van der Waals surface area contributed by atoms with Crippen LogP contribution in [-0.2, 0) is 0 Å². The number of fused-ring (bicyclic) bond motifs is 5. The van der Waals surface area contributed by atoms with E-state index in [2.05, 4.69) is 23.9 Å². The molecule has 1 N–H and O–H groups in total. The van der Waals surface area contributed by atoms with Crippen LogP contribution in [0.15, 0.2) is 18.2 Å². The van der Waals surface area contributed by atoms with Crippen molar-refractivity contribution in [1.82, 2.24) is 9.88 Å². The second kappa shape index (κ2) is 3.83. The molecule has 1 fully saturated rings. The van der Waals surface area contributed by atoms with Crippen LogP contribution in [0.5, 0.6) is 0 Å². The quantitative estimate of drug-likeness (QED) is 0.766. The van der Waals surface area contributed by atoms with Gasteiger partial charge in [0, 0.05) is 35.6 Å². The maximum atomic E-state index is 14.3. The third kappa shape index (κ3) is 1.51. The Morgan fingerprint density at radius 3 is 3.00 bits per heavy atom. The Morgan fingerprint density at radius 2 is 2.16 bits per heavy atom. The van der Waals surface area contributed by atoms with Gasteiger partial charge in [0.25, 0.3) is 0 Å². The van der Waals surface area contributed by atoms with Crippen LogP contribution >= 0.6 is 0 Å². The van der Waals surface area contributed by atoms with Gasteiger partial charge in [-0.25, -0.2) is 4.39 Å². The van der Waals surface area contributed by atoms with Gasteiger partial charge in [-0.15, -0.1) is 0 Å². The highest BCUT2D eigenvalue weighted by atomic mass is 19.1. The summed E-state index contributed by atoms with van der Waals surface area (Å²) in [6.45, 7) is 4.47. The molecule has 0 saturated carbocycles. The number of rotatable bonds is 0. The van der Waals surface area contributed by atoms with Crippen LogP contribution < -0.4 is 0 Å². The molecular formula is C16H19FN2. The SMILES string of the molecule is CC1C[C@H]2CN(C)C[C@H]2c2c1[nH]c1cccc(F)c21. The van der Waals surface area contributed by atoms with E-state index in [-0.39, 0.29) is 5.82 Å². The third-order valence-corrected chi connectivity index (χ3v) is 4.99. The molecule has 1 aromatic heterocycles. The van der Waals surface area contributed by atoms with Crippen LogP contribution in [0.2, 0.25) is 0 Å². The molecule has 3 heteroatoms. The maximum Gasteiger partial charge on any atom is 0.132 e. The van der Waals surface area contributed by atoms with Gasteiger partial charge >= 0.3 is 0 Å². The van der Waals surface area contributed by atoms with Gasteiger partial charge in [-0.3, -0.25) is 0 Å². The first-order valence-electron chi connectivity index (χ1n) is 7.13. The average molecular weight is 258 g/mol. The summed E-state index contributed by atoms with van der Waals surface area (Å²) in [5.74, 6) is 1.62. The molecule has 0 spiro atoms. The number of hydrogen-bond acceptors (Lipinski definition) is 1. The second-order valence-corrected chi connectivity index (χ2v) is 6.34. The number of likely N-dealkylation sites (tertiary alicyclic amines) is 1. The van der Waals surface area contributed by atoms with Crippen molar-refractivity contribution in [3.8, 4) is 0 Å². The van der Waals surface area contributed by atoms with Crippen LogP contribution in [0.3, 0.4) is 0 Å². The minimum absolute atomic E-state index is 0.0718. The van der Waals surface area contributed by atoms with Crippen LogP contribution in [0.1, 0.15) is 36.4 Å². The first kappa shape index (κ1) is 11.5. The van der Waals surface area contributed by atoms with E-state index in [0.29, 0.717) is 17.8 Å². The Hall–Kier alpha value is -1.35. The van der Waals surface area contributed by atoms with E-state index >= 15 is 0 Å². The number of H-pyrrole nitrogens is 1. The van der Waals surface area contributed by atoms with Gasteiger partial charge in [-0.2, -0.15) is 0 Å². The molecule has 1 aromatic carbocycles. The summed E-state index contributed by atoms with van der Waals surface area (Å²) >= 11 is 0. The zero-order chi connectivity index (χ0) is 13.1. The van der Waals surface area contributed by atoms with Crippen molar-refractivity contribution in [1.29, 1.82) is 0 Å². The molecule has 1 aliphatic heterocycles. The minimum Gasteiger partial charge on any atom is -0.358 e. The van der Waals surface area contributed by atoms with Crippen LogP contribution in [0.4, 0.5) is 4.39 Å². The number of benzene rings is 1. The first-order valence-corrected chi connectivity index (χ1v) is 7.13. The Bertz CT molecular complexity index is 645. The summed E-state index contributed by atoms with van der Waals surface area (Å²) in [4.78, 5) is 5.86. The topological polar surface area (TPSA) is 19.0 Å². The lowest BCUT2D eigenvalue weighted by atomic mass is 9.74. The van der Waals surface area contributed by atoms with Gasteiger partial charge < -0.3 is 9.88 Å². The van der Waals surface area contributed by atoms with Crippen molar-refractivity contribution in [2.24, 2.45) is 5.92 Å². The van der Waals surface area contributed by atoms with Crippen molar-refractivity contribution >= 4 is 10.9 Å². The number of hydrogen-bond donors (Lipinski definition) is 1. The largest absolute Gasteiger partial charge is 0.358 e. The summed E-state index contributed by atoms with van der Waals surface area (Å²) in [6, 6.07) is 5.38. The smallest absolute Gasteiger partial charge is 0.132 e. The Morgan fingerprint density at radius 1 is 1.32 bits per heavy atom. The third-order valence-electron chi connectivity index (χ3n) is 4.99. The summed E-state index contributed by atoms with van der Waals surface area (Å²) in [5.41, 5.74) is 3.50. The number of aromatic amines is 1. The summed E-state index contributed by atoms with van der Waals surface area (Å²) in [5, 5.41) is 0.842. The number of nitrogens with one attached hydrogen (secondary N) is 1. The predicted octanol–water partition coefficient (Wildman–Crippen LogP) is 3.46. The van der Waals surface area contributed by atoms with Crippen LogP contribution in [0.25, 0.3) is 10.9 Å². The summed E-state index contributed by atoms with van der Waals surface area (Å²) in [6.07, 6.45) is 1.22. The van der Waals surface area contributed by atoms with E-state index in [0.717, 1.165) is 24.0 Å². The van der Waals surface area contributed by atoms with E-state index in [1.54, 1.807) is 12.1 Å². The van der Waals surface area contributed by atoms with Crippen LogP contribution in [-0.4, -0.2) is 30.0 Å². The standard InChI is InChI=1S/C16H19FN2/c1-9-6-10-7-19(2)8-11(10)14-15-12(17)4-3-5-13(15)18-16(9)14/h3-5,9-11,18H,6-8H2,1-2H3/t9?,10-,11+/m0/s1. The Balaban J connectivity index is 2.00. The molecule has 3 atom stereocenters. The monoisotopic (exact) mass is 258 g/mol. The fourth-order valence-electron chi connectivity index (χ4n) is 4.25. The number of likely N-dealkylation sites (N-methyl/N-ethyl adjacent to an activating group) is 1. The van der Waals surface area contributed by atoms with E-state index in [1.165, 1.54) is 17.7 Å². The molecule has 19 heavy (non-hydrogen) atoms. The molecule has 0 amide bonds. The highest BCUT2D eigenvalue weighted by molar-refractivity contribution is 5.86. The number of halogens is 1. The first-order chi connectivity index (χ1) is 9.15. The zero-order valence-corrected chi connectivity index (χ0v) is 11.4. The lowest BCUT2D eigenvalue weighted by Gasteiger charge is -2.29. The highest BCUT2D eigenvalue weighted by Gasteiger charge is 2.41. The fourth-order valence-corrected chi connectivity index (χ4v) is 4.25. The van der Waals surface area contributed by atoms with Gasteiger partial charge in [0.15, 0.2) is 0 Å². The van der Waals surface area contributed by atoms with Gasteiger partial charge in [-0.1, -0.05) is 13.0 Å². The van der Waals surface area contributed by atoms with Crippen molar-refractivity contribution < 1.29 is 4.39 Å². The van der Waals surface area contributed by atoms with Gasteiger partial charge in [0.05, 0.1) is 0 Å². The molecular weight excluding hydrogens is 239 g/mol. The van der Waals surface area contributed by atoms with E-state index in [4.69, 9.17) is 0 Å². The molecule has 2 heterocycles. The van der Waals surface area contributed by atoms with E-state index in [1.807, 2.05) is 6.07 Å². The summed E-state index contributed by atoms with van der Waals surface area (Å²) < 4.78 is 14.3. The predicted molar refractivity (Wildman–Crippen MR) is 75.0 cm³/mol. The van der Waals surface area contributed by atoms with E-state index < -0.39 is 0 Å². The minimum atomic E-state index is -0.0718. The molecule has 100 valence electrons. The van der Waals surface area contributed by atoms with Crippen molar-refractivity contribution in [3.05, 3.63) is 35.3 Å². The molecule has 2 aromatic rings. The van der Waals surface area contributed by atoms with Gasteiger partial charge in [0.1, 0.15) is 5.82 Å². The normalized spacial score (nSPS) is 30.6. The molecule has 2 aliphatic rings. The van der Waals surface area contributed by atoms with Crippen molar-refractivity contribution in [2.75, 3.05) is 20.1 Å². The Labute approximate surface area is 112 Å². The molecule has 0 bridgehead atoms. The van der Waals surface area contributed by atoms with Crippen LogP contribution in [0, 0.1) is 11.7 Å². The Kier molecular flexibility index (Phi) is 2.31. The maximum absolute atomic E-state index is 14.3. The number of nitrogens with zero attached hydrogens (tertiary/aromatic N) is 1. The summed E-state index contributed by atoms with van der Waals surface area (Å²) in [7, 11) is 2.17. The lowest BCUT2D eigenvalue weighted by molar-refractivity contribution is 0.371. The zero-order valence-electron chi connectivity index (χ0n) is 11.4. The number of aromatic nitrogens is 1.